The molecule has 1 atom stereocenters. The minimum atomic E-state index is -0.788. The number of carbonyl (C=O) groups is 1. The summed E-state index contributed by atoms with van der Waals surface area (Å²) < 4.78 is 13.5. The van der Waals surface area contributed by atoms with Crippen LogP contribution in [-0.2, 0) is 11.3 Å². The maximum atomic E-state index is 13.5. The summed E-state index contributed by atoms with van der Waals surface area (Å²) in [4.78, 5) is 12.0. The molecule has 4 heteroatoms. The molecule has 104 valence electrons. The fraction of sp³-hybridized carbons (Fsp3) is 0.533. The Kier molecular flexibility index (Phi) is 3.63. The van der Waals surface area contributed by atoms with Crippen LogP contribution >= 0.6 is 0 Å². The van der Waals surface area contributed by atoms with Crippen molar-refractivity contribution >= 4 is 5.91 Å². The normalized spacial score (nSPS) is 17.9. The second kappa shape index (κ2) is 4.93. The highest BCUT2D eigenvalue weighted by molar-refractivity contribution is 5.86. The first-order chi connectivity index (χ1) is 8.82. The minimum absolute atomic E-state index is 0.130. The van der Waals surface area contributed by atoms with Gasteiger partial charge in [0.15, 0.2) is 0 Å². The van der Waals surface area contributed by atoms with Crippen molar-refractivity contribution in [3.8, 4) is 0 Å². The second-order valence-corrected chi connectivity index (χ2v) is 5.78. The summed E-state index contributed by atoms with van der Waals surface area (Å²) in [7, 11) is 0. The molecular formula is C15H21FN2O. The van der Waals surface area contributed by atoms with Crippen LogP contribution in [0.4, 0.5) is 4.39 Å². The topological polar surface area (TPSA) is 55.1 Å². The number of amides is 1. The maximum absolute atomic E-state index is 13.5. The van der Waals surface area contributed by atoms with Gasteiger partial charge < -0.3 is 11.1 Å². The predicted molar refractivity (Wildman–Crippen MR) is 73.0 cm³/mol. The largest absolute Gasteiger partial charge is 0.350 e. The number of hydrogen-bond donors (Lipinski definition) is 2. The molecule has 1 aromatic carbocycles. The van der Waals surface area contributed by atoms with E-state index in [1.165, 1.54) is 0 Å². The molecule has 0 heterocycles. The van der Waals surface area contributed by atoms with E-state index in [2.05, 4.69) is 5.32 Å². The van der Waals surface area contributed by atoms with Crippen LogP contribution in [0.3, 0.4) is 0 Å². The Labute approximate surface area is 113 Å². The number of aryl methyl sites for hydroxylation is 2. The van der Waals surface area contributed by atoms with Crippen LogP contribution in [0.2, 0.25) is 0 Å². The van der Waals surface area contributed by atoms with Crippen LogP contribution < -0.4 is 11.1 Å². The van der Waals surface area contributed by atoms with Crippen molar-refractivity contribution < 1.29 is 9.18 Å². The molecule has 0 saturated heterocycles. The molecule has 1 unspecified atom stereocenters. The molecule has 0 spiro atoms. The quantitative estimate of drug-likeness (QED) is 0.876. The first-order valence-electron chi connectivity index (χ1n) is 6.65. The van der Waals surface area contributed by atoms with Crippen LogP contribution in [0.15, 0.2) is 12.1 Å². The average Bonchev–Trinajstić information content (AvgIpc) is 3.16. The summed E-state index contributed by atoms with van der Waals surface area (Å²) in [5.74, 6) is -0.0180. The van der Waals surface area contributed by atoms with Crippen molar-refractivity contribution in [2.75, 3.05) is 0 Å². The Hall–Kier alpha value is -1.42. The summed E-state index contributed by atoms with van der Waals surface area (Å²) in [5.41, 5.74) is 7.35. The van der Waals surface area contributed by atoms with E-state index in [0.717, 1.165) is 18.4 Å². The Balaban J connectivity index is 2.01. The highest BCUT2D eigenvalue weighted by Crippen LogP contribution is 2.38. The van der Waals surface area contributed by atoms with E-state index in [4.69, 9.17) is 5.73 Å². The van der Waals surface area contributed by atoms with Gasteiger partial charge in [-0.1, -0.05) is 12.1 Å². The van der Waals surface area contributed by atoms with Gasteiger partial charge in [-0.05, 0) is 56.2 Å². The van der Waals surface area contributed by atoms with E-state index in [0.29, 0.717) is 23.6 Å². The van der Waals surface area contributed by atoms with Gasteiger partial charge in [-0.2, -0.15) is 0 Å². The standard InChI is InChI=1S/C15H21FN2O/c1-9-6-11(7-10(2)13(9)16)8-18-14(19)15(3,17)12-4-5-12/h6-7,12H,4-5,8,17H2,1-3H3,(H,18,19). The van der Waals surface area contributed by atoms with Gasteiger partial charge in [-0.3, -0.25) is 4.79 Å². The number of halogens is 1. The summed E-state index contributed by atoms with van der Waals surface area (Å²) in [6, 6.07) is 3.52. The van der Waals surface area contributed by atoms with Crippen LogP contribution in [-0.4, -0.2) is 11.4 Å². The van der Waals surface area contributed by atoms with Crippen molar-refractivity contribution in [2.24, 2.45) is 11.7 Å². The maximum Gasteiger partial charge on any atom is 0.240 e. The van der Waals surface area contributed by atoms with Gasteiger partial charge in [0.25, 0.3) is 0 Å². The molecule has 1 aliphatic rings. The minimum Gasteiger partial charge on any atom is -0.350 e. The lowest BCUT2D eigenvalue weighted by Gasteiger charge is -2.23. The van der Waals surface area contributed by atoms with Gasteiger partial charge in [0.2, 0.25) is 5.91 Å². The molecule has 1 amide bonds. The summed E-state index contributed by atoms with van der Waals surface area (Å²) in [6.45, 7) is 5.62. The van der Waals surface area contributed by atoms with Crippen LogP contribution in [0.5, 0.6) is 0 Å². The molecule has 0 bridgehead atoms. The van der Waals surface area contributed by atoms with E-state index in [9.17, 15) is 9.18 Å². The Morgan fingerprint density at radius 1 is 1.42 bits per heavy atom. The number of benzene rings is 1. The van der Waals surface area contributed by atoms with E-state index in [-0.39, 0.29) is 11.7 Å². The monoisotopic (exact) mass is 264 g/mol. The van der Waals surface area contributed by atoms with Crippen molar-refractivity contribution in [1.82, 2.24) is 5.32 Å². The van der Waals surface area contributed by atoms with Crippen molar-refractivity contribution in [1.29, 1.82) is 0 Å². The van der Waals surface area contributed by atoms with E-state index >= 15 is 0 Å². The molecule has 19 heavy (non-hydrogen) atoms. The Bertz CT molecular complexity index is 484. The van der Waals surface area contributed by atoms with E-state index in [1.54, 1.807) is 32.9 Å². The smallest absolute Gasteiger partial charge is 0.240 e. The van der Waals surface area contributed by atoms with Crippen LogP contribution in [0.1, 0.15) is 36.5 Å². The van der Waals surface area contributed by atoms with Gasteiger partial charge in [-0.15, -0.1) is 0 Å². The van der Waals surface area contributed by atoms with Crippen molar-refractivity contribution in [3.63, 3.8) is 0 Å². The molecule has 2 rings (SSSR count). The van der Waals surface area contributed by atoms with Gasteiger partial charge >= 0.3 is 0 Å². The lowest BCUT2D eigenvalue weighted by molar-refractivity contribution is -0.126. The molecule has 1 saturated carbocycles. The summed E-state index contributed by atoms with van der Waals surface area (Å²) >= 11 is 0. The number of nitrogens with one attached hydrogen (secondary N) is 1. The zero-order chi connectivity index (χ0) is 14.2. The average molecular weight is 264 g/mol. The molecule has 3 nitrogen and oxygen atoms in total. The SMILES string of the molecule is Cc1cc(CNC(=O)C(C)(N)C2CC2)cc(C)c1F. The number of carbonyl (C=O) groups excluding carboxylic acids is 1. The van der Waals surface area contributed by atoms with E-state index < -0.39 is 5.54 Å². The van der Waals surface area contributed by atoms with Gasteiger partial charge in [0, 0.05) is 6.54 Å². The Morgan fingerprint density at radius 3 is 2.42 bits per heavy atom. The highest BCUT2D eigenvalue weighted by atomic mass is 19.1. The fourth-order valence-electron chi connectivity index (χ4n) is 2.38. The molecule has 1 aliphatic carbocycles. The summed E-state index contributed by atoms with van der Waals surface area (Å²) in [5, 5.41) is 2.85. The molecule has 1 aromatic rings. The van der Waals surface area contributed by atoms with Crippen LogP contribution in [0, 0.1) is 25.6 Å². The van der Waals surface area contributed by atoms with Crippen LogP contribution in [0.25, 0.3) is 0 Å². The Morgan fingerprint density at radius 2 is 1.95 bits per heavy atom. The molecule has 3 N–H and O–H groups in total. The third-order valence-electron chi connectivity index (χ3n) is 3.86. The van der Waals surface area contributed by atoms with Crippen molar-refractivity contribution in [2.45, 2.75) is 45.7 Å². The molecule has 0 aliphatic heterocycles. The molecule has 0 aromatic heterocycles. The fourth-order valence-corrected chi connectivity index (χ4v) is 2.38. The number of rotatable bonds is 4. The first-order valence-corrected chi connectivity index (χ1v) is 6.65. The van der Waals surface area contributed by atoms with Gasteiger partial charge in [0.05, 0.1) is 5.54 Å². The second-order valence-electron chi connectivity index (χ2n) is 5.78. The molecular weight excluding hydrogens is 243 g/mol. The lowest BCUT2D eigenvalue weighted by Crippen LogP contribution is -2.53. The van der Waals surface area contributed by atoms with E-state index in [1.807, 2.05) is 0 Å². The van der Waals surface area contributed by atoms with Crippen molar-refractivity contribution in [3.05, 3.63) is 34.6 Å². The summed E-state index contributed by atoms with van der Waals surface area (Å²) in [6.07, 6.45) is 2.05. The lowest BCUT2D eigenvalue weighted by atomic mass is 9.96. The zero-order valence-electron chi connectivity index (χ0n) is 11.7. The highest BCUT2D eigenvalue weighted by Gasteiger charge is 2.43. The number of nitrogens with two attached hydrogens (primary N) is 1. The molecule has 1 fully saturated rings. The third kappa shape index (κ3) is 2.95. The zero-order valence-corrected chi connectivity index (χ0v) is 11.7. The third-order valence-corrected chi connectivity index (χ3v) is 3.86. The predicted octanol–water partition coefficient (Wildman–Crippen LogP) is 2.19. The molecule has 0 radical (unpaired) electrons. The first kappa shape index (κ1) is 14.0. The van der Waals surface area contributed by atoms with Gasteiger partial charge in [-0.25, -0.2) is 4.39 Å². The number of hydrogen-bond acceptors (Lipinski definition) is 2. The van der Waals surface area contributed by atoms with Gasteiger partial charge in [0.1, 0.15) is 5.82 Å².